The molecule has 0 saturated heterocycles. The normalized spacial score (nSPS) is 11.3. The Balaban J connectivity index is 2.46. The van der Waals surface area contributed by atoms with Gasteiger partial charge in [0, 0.05) is 5.56 Å². The summed E-state index contributed by atoms with van der Waals surface area (Å²) < 4.78 is 1.51. The van der Waals surface area contributed by atoms with E-state index in [1.165, 1.54) is 10.2 Å². The van der Waals surface area contributed by atoms with E-state index in [4.69, 9.17) is 5.26 Å². The molecule has 0 aliphatic heterocycles. The Hall–Kier alpha value is -2.19. The summed E-state index contributed by atoms with van der Waals surface area (Å²) in [5.41, 5.74) is 3.41. The van der Waals surface area contributed by atoms with Crippen LogP contribution in [0.2, 0.25) is 0 Å². The zero-order valence-corrected chi connectivity index (χ0v) is 12.0. The lowest BCUT2D eigenvalue weighted by molar-refractivity contribution is 0.277. The van der Waals surface area contributed by atoms with Crippen LogP contribution in [0.1, 0.15) is 32.0 Å². The molecule has 0 fully saturated rings. The first-order valence-electron chi connectivity index (χ1n) is 6.48. The van der Waals surface area contributed by atoms with Crippen molar-refractivity contribution in [3.8, 4) is 17.3 Å². The fourth-order valence-corrected chi connectivity index (χ4v) is 2.08. The summed E-state index contributed by atoms with van der Waals surface area (Å²) in [6, 6.07) is 10.1. The molecule has 1 aromatic carbocycles. The standard InChI is InChI=1S/C15H18N4O/c1-15(2,3)12-6-4-11(5-7-12)14-13(10-20)17-18-19(14)9-8-16/h4-7,20H,9-10H2,1-3H3. The van der Waals surface area contributed by atoms with Crippen molar-refractivity contribution < 1.29 is 5.11 Å². The lowest BCUT2D eigenvalue weighted by atomic mass is 9.86. The van der Waals surface area contributed by atoms with Crippen LogP contribution in [-0.4, -0.2) is 20.1 Å². The molecule has 1 N–H and O–H groups in total. The van der Waals surface area contributed by atoms with Crippen LogP contribution in [0.4, 0.5) is 0 Å². The number of benzene rings is 1. The van der Waals surface area contributed by atoms with Crippen molar-refractivity contribution in [2.24, 2.45) is 0 Å². The van der Waals surface area contributed by atoms with Gasteiger partial charge in [-0.1, -0.05) is 50.3 Å². The molecule has 0 atom stereocenters. The first-order valence-corrected chi connectivity index (χ1v) is 6.48. The van der Waals surface area contributed by atoms with Crippen LogP contribution in [0.15, 0.2) is 24.3 Å². The number of rotatable bonds is 3. The van der Waals surface area contributed by atoms with Crippen LogP contribution in [0.3, 0.4) is 0 Å². The highest BCUT2D eigenvalue weighted by molar-refractivity contribution is 5.62. The summed E-state index contributed by atoms with van der Waals surface area (Å²) in [5, 5.41) is 26.0. The maximum atomic E-state index is 9.35. The Morgan fingerprint density at radius 1 is 1.25 bits per heavy atom. The van der Waals surface area contributed by atoms with Crippen LogP contribution in [0.25, 0.3) is 11.3 Å². The number of aromatic nitrogens is 3. The van der Waals surface area contributed by atoms with Crippen molar-refractivity contribution in [3.05, 3.63) is 35.5 Å². The van der Waals surface area contributed by atoms with E-state index in [0.717, 1.165) is 5.56 Å². The molecule has 0 radical (unpaired) electrons. The molecule has 1 heterocycles. The van der Waals surface area contributed by atoms with Gasteiger partial charge in [-0.25, -0.2) is 4.68 Å². The molecule has 0 saturated carbocycles. The van der Waals surface area contributed by atoms with Crippen molar-refractivity contribution in [3.63, 3.8) is 0 Å². The number of aliphatic hydroxyl groups excluding tert-OH is 1. The van der Waals surface area contributed by atoms with Crippen LogP contribution < -0.4 is 0 Å². The number of aliphatic hydroxyl groups is 1. The van der Waals surface area contributed by atoms with Crippen LogP contribution >= 0.6 is 0 Å². The maximum absolute atomic E-state index is 9.35. The van der Waals surface area contributed by atoms with E-state index in [-0.39, 0.29) is 18.6 Å². The monoisotopic (exact) mass is 270 g/mol. The fraction of sp³-hybridized carbons (Fsp3) is 0.400. The summed E-state index contributed by atoms with van der Waals surface area (Å²) in [7, 11) is 0. The molecule has 0 amide bonds. The minimum absolute atomic E-state index is 0.0868. The minimum Gasteiger partial charge on any atom is -0.390 e. The summed E-state index contributed by atoms with van der Waals surface area (Å²) in [5.74, 6) is 0. The third kappa shape index (κ3) is 2.70. The summed E-state index contributed by atoms with van der Waals surface area (Å²) in [6.45, 7) is 6.39. The number of hydrogen-bond donors (Lipinski definition) is 1. The van der Waals surface area contributed by atoms with Crippen LogP contribution in [0.5, 0.6) is 0 Å². The average molecular weight is 270 g/mol. The molecule has 104 valence electrons. The quantitative estimate of drug-likeness (QED) is 0.928. The molecule has 0 aliphatic carbocycles. The van der Waals surface area contributed by atoms with Crippen LogP contribution in [-0.2, 0) is 18.6 Å². The molecular weight excluding hydrogens is 252 g/mol. The lowest BCUT2D eigenvalue weighted by Gasteiger charge is -2.19. The molecule has 5 nitrogen and oxygen atoms in total. The van der Waals surface area contributed by atoms with Gasteiger partial charge in [-0.05, 0) is 11.0 Å². The lowest BCUT2D eigenvalue weighted by Crippen LogP contribution is -2.10. The summed E-state index contributed by atoms with van der Waals surface area (Å²) in [4.78, 5) is 0. The highest BCUT2D eigenvalue weighted by Crippen LogP contribution is 2.27. The highest BCUT2D eigenvalue weighted by atomic mass is 16.3. The van der Waals surface area contributed by atoms with Gasteiger partial charge in [-0.2, -0.15) is 5.26 Å². The summed E-state index contributed by atoms with van der Waals surface area (Å²) >= 11 is 0. The molecule has 0 aliphatic rings. The molecule has 5 heteroatoms. The molecule has 20 heavy (non-hydrogen) atoms. The SMILES string of the molecule is CC(C)(C)c1ccc(-c2c(CO)nnn2CC#N)cc1. The van der Waals surface area contributed by atoms with E-state index in [0.29, 0.717) is 11.4 Å². The van der Waals surface area contributed by atoms with Gasteiger partial charge >= 0.3 is 0 Å². The van der Waals surface area contributed by atoms with E-state index in [9.17, 15) is 5.11 Å². The molecule has 2 aromatic rings. The molecule has 1 aromatic heterocycles. The number of hydrogen-bond acceptors (Lipinski definition) is 4. The van der Waals surface area contributed by atoms with Crippen LogP contribution in [0, 0.1) is 11.3 Å². The van der Waals surface area contributed by atoms with E-state index in [1.54, 1.807) is 0 Å². The predicted molar refractivity (Wildman–Crippen MR) is 75.7 cm³/mol. The van der Waals surface area contributed by atoms with Crippen molar-refractivity contribution in [2.45, 2.75) is 39.3 Å². The van der Waals surface area contributed by atoms with Crippen molar-refractivity contribution in [2.75, 3.05) is 0 Å². The fourth-order valence-electron chi connectivity index (χ4n) is 2.08. The second-order valence-electron chi connectivity index (χ2n) is 5.69. The van der Waals surface area contributed by atoms with E-state index >= 15 is 0 Å². The van der Waals surface area contributed by atoms with Crippen molar-refractivity contribution >= 4 is 0 Å². The zero-order valence-electron chi connectivity index (χ0n) is 12.0. The Kier molecular flexibility index (Phi) is 3.86. The maximum Gasteiger partial charge on any atom is 0.130 e. The minimum atomic E-state index is -0.193. The zero-order chi connectivity index (χ0) is 14.8. The van der Waals surface area contributed by atoms with Gasteiger partial charge in [0.1, 0.15) is 12.2 Å². The Morgan fingerprint density at radius 2 is 1.90 bits per heavy atom. The average Bonchev–Trinajstić information content (AvgIpc) is 2.81. The van der Waals surface area contributed by atoms with Gasteiger partial charge in [0.15, 0.2) is 0 Å². The van der Waals surface area contributed by atoms with Gasteiger partial charge in [-0.3, -0.25) is 0 Å². The first kappa shape index (κ1) is 14.2. The Bertz CT molecular complexity index is 629. The Morgan fingerprint density at radius 3 is 2.40 bits per heavy atom. The van der Waals surface area contributed by atoms with Crippen molar-refractivity contribution in [1.82, 2.24) is 15.0 Å². The highest BCUT2D eigenvalue weighted by Gasteiger charge is 2.17. The third-order valence-electron chi connectivity index (χ3n) is 3.20. The number of nitriles is 1. The Labute approximate surface area is 118 Å². The van der Waals surface area contributed by atoms with E-state index < -0.39 is 0 Å². The van der Waals surface area contributed by atoms with E-state index in [2.05, 4.69) is 43.2 Å². The second-order valence-corrected chi connectivity index (χ2v) is 5.69. The molecule has 0 bridgehead atoms. The van der Waals surface area contributed by atoms with Gasteiger partial charge in [0.25, 0.3) is 0 Å². The predicted octanol–water partition coefficient (Wildman–Crippen LogP) is 2.26. The molecule has 0 unspecified atom stereocenters. The van der Waals surface area contributed by atoms with Gasteiger partial charge in [0.2, 0.25) is 0 Å². The topological polar surface area (TPSA) is 74.7 Å². The number of nitrogens with zero attached hydrogens (tertiary/aromatic N) is 4. The second kappa shape index (κ2) is 5.43. The smallest absolute Gasteiger partial charge is 0.130 e. The van der Waals surface area contributed by atoms with Gasteiger partial charge in [0.05, 0.1) is 18.4 Å². The van der Waals surface area contributed by atoms with E-state index in [1.807, 2.05) is 18.2 Å². The largest absolute Gasteiger partial charge is 0.390 e. The molecule has 2 rings (SSSR count). The van der Waals surface area contributed by atoms with Crippen molar-refractivity contribution in [1.29, 1.82) is 5.26 Å². The summed E-state index contributed by atoms with van der Waals surface area (Å²) in [6.07, 6.45) is 0. The first-order chi connectivity index (χ1) is 9.47. The third-order valence-corrected chi connectivity index (χ3v) is 3.20. The van der Waals surface area contributed by atoms with Gasteiger partial charge < -0.3 is 5.11 Å². The van der Waals surface area contributed by atoms with Gasteiger partial charge in [-0.15, -0.1) is 5.10 Å². The molecule has 0 spiro atoms. The molecular formula is C15H18N4O.